The number of ether oxygens (including phenoxy) is 2. The van der Waals surface area contributed by atoms with E-state index in [-0.39, 0.29) is 24.7 Å². The molecule has 1 N–H and O–H groups in total. The summed E-state index contributed by atoms with van der Waals surface area (Å²) in [6.07, 6.45) is 1.42. The van der Waals surface area contributed by atoms with Gasteiger partial charge in [-0.1, -0.05) is 36.4 Å². The Morgan fingerprint density at radius 2 is 2.14 bits per heavy atom. The van der Waals surface area contributed by atoms with Gasteiger partial charge in [0.25, 0.3) is 5.91 Å². The number of amides is 1. The number of hydrogen-bond acceptors (Lipinski definition) is 5. The highest BCUT2D eigenvalue weighted by Crippen LogP contribution is 2.29. The first kappa shape index (κ1) is 19.7. The highest BCUT2D eigenvalue weighted by Gasteiger charge is 2.28. The summed E-state index contributed by atoms with van der Waals surface area (Å²) >= 11 is 0. The standard InChI is InChI=1S/C23H28N2O4/c1-24(23(27)16-29-20-8-7-18-10-12-28-22(18)13-20)21(17-5-3-2-4-6-17)15-25-11-9-19(26)14-25/h2-8,13,19,21,26H,9-12,14-16H2,1H3/t19-,21?/m0/s1. The first-order chi connectivity index (χ1) is 14.1. The average molecular weight is 396 g/mol. The molecule has 2 aliphatic rings. The molecule has 0 radical (unpaired) electrons. The molecule has 0 saturated carbocycles. The summed E-state index contributed by atoms with van der Waals surface area (Å²) < 4.78 is 11.3. The second-order valence-electron chi connectivity index (χ2n) is 7.79. The van der Waals surface area contributed by atoms with E-state index in [4.69, 9.17) is 9.47 Å². The van der Waals surface area contributed by atoms with Crippen molar-refractivity contribution in [3.05, 3.63) is 59.7 Å². The van der Waals surface area contributed by atoms with Gasteiger partial charge in [-0.15, -0.1) is 0 Å². The number of likely N-dealkylation sites (tertiary alicyclic amines) is 1. The molecule has 1 saturated heterocycles. The van der Waals surface area contributed by atoms with Crippen molar-refractivity contribution in [1.82, 2.24) is 9.80 Å². The zero-order chi connectivity index (χ0) is 20.2. The monoisotopic (exact) mass is 396 g/mol. The molecular weight excluding hydrogens is 368 g/mol. The van der Waals surface area contributed by atoms with Crippen LogP contribution in [0.4, 0.5) is 0 Å². The molecular formula is C23H28N2O4. The second kappa shape index (κ2) is 8.84. The molecule has 2 heterocycles. The molecule has 0 aliphatic carbocycles. The third kappa shape index (κ3) is 4.71. The highest BCUT2D eigenvalue weighted by atomic mass is 16.5. The van der Waals surface area contributed by atoms with Crippen LogP contribution in [0.25, 0.3) is 0 Å². The number of likely N-dealkylation sites (N-methyl/N-ethyl adjacent to an activating group) is 1. The summed E-state index contributed by atoms with van der Waals surface area (Å²) in [5.41, 5.74) is 2.26. The predicted octanol–water partition coefficient (Wildman–Crippen LogP) is 2.27. The van der Waals surface area contributed by atoms with E-state index >= 15 is 0 Å². The zero-order valence-corrected chi connectivity index (χ0v) is 16.8. The molecule has 4 rings (SSSR count). The smallest absolute Gasteiger partial charge is 0.260 e. The summed E-state index contributed by atoms with van der Waals surface area (Å²) in [4.78, 5) is 16.9. The first-order valence-electron chi connectivity index (χ1n) is 10.2. The van der Waals surface area contributed by atoms with Crippen LogP contribution >= 0.6 is 0 Å². The second-order valence-corrected chi connectivity index (χ2v) is 7.79. The van der Waals surface area contributed by atoms with Crippen LogP contribution in [0.1, 0.15) is 23.6 Å². The van der Waals surface area contributed by atoms with E-state index in [0.717, 1.165) is 30.7 Å². The average Bonchev–Trinajstić information content (AvgIpc) is 3.38. The Morgan fingerprint density at radius 3 is 2.90 bits per heavy atom. The van der Waals surface area contributed by atoms with E-state index in [0.29, 0.717) is 25.4 Å². The molecule has 154 valence electrons. The van der Waals surface area contributed by atoms with Crippen LogP contribution in [-0.2, 0) is 11.2 Å². The largest absolute Gasteiger partial charge is 0.493 e. The van der Waals surface area contributed by atoms with Gasteiger partial charge in [-0.2, -0.15) is 0 Å². The molecule has 1 amide bonds. The normalized spacial score (nSPS) is 19.4. The molecule has 0 bridgehead atoms. The lowest BCUT2D eigenvalue weighted by Gasteiger charge is -2.32. The van der Waals surface area contributed by atoms with Crippen molar-refractivity contribution >= 4 is 5.91 Å². The zero-order valence-electron chi connectivity index (χ0n) is 16.8. The van der Waals surface area contributed by atoms with Gasteiger partial charge in [0.05, 0.1) is 18.8 Å². The maximum absolute atomic E-state index is 12.9. The minimum absolute atomic E-state index is 0.0265. The number of aliphatic hydroxyl groups excluding tert-OH is 1. The fourth-order valence-electron chi connectivity index (χ4n) is 4.01. The third-order valence-corrected chi connectivity index (χ3v) is 5.75. The van der Waals surface area contributed by atoms with Crippen LogP contribution in [0.5, 0.6) is 11.5 Å². The summed E-state index contributed by atoms with van der Waals surface area (Å²) in [5.74, 6) is 1.41. The van der Waals surface area contributed by atoms with Crippen LogP contribution in [0.15, 0.2) is 48.5 Å². The molecule has 0 aromatic heterocycles. The van der Waals surface area contributed by atoms with Crippen molar-refractivity contribution in [3.8, 4) is 11.5 Å². The SMILES string of the molecule is CN(C(=O)COc1ccc2c(c1)OCC2)C(CN1CC[C@H](O)C1)c1ccccc1. The number of β-amino-alcohol motifs (C(OH)–C–C–N with tert-alkyl or cyclic N) is 1. The van der Waals surface area contributed by atoms with E-state index in [1.54, 1.807) is 4.90 Å². The molecule has 6 heteroatoms. The van der Waals surface area contributed by atoms with Crippen molar-refractivity contribution in [2.45, 2.75) is 25.0 Å². The van der Waals surface area contributed by atoms with E-state index in [1.165, 1.54) is 5.56 Å². The fraction of sp³-hybridized carbons (Fsp3) is 0.435. The number of nitrogens with zero attached hydrogens (tertiary/aromatic N) is 2. The summed E-state index contributed by atoms with van der Waals surface area (Å²) in [7, 11) is 1.82. The van der Waals surface area contributed by atoms with Crippen molar-refractivity contribution in [2.75, 3.05) is 39.9 Å². The molecule has 2 aromatic carbocycles. The number of benzene rings is 2. The molecule has 1 unspecified atom stereocenters. The van der Waals surface area contributed by atoms with E-state index < -0.39 is 0 Å². The van der Waals surface area contributed by atoms with Crippen molar-refractivity contribution in [3.63, 3.8) is 0 Å². The molecule has 2 aliphatic heterocycles. The van der Waals surface area contributed by atoms with Crippen LogP contribution < -0.4 is 9.47 Å². The molecule has 0 spiro atoms. The minimum Gasteiger partial charge on any atom is -0.493 e. The Hall–Kier alpha value is -2.57. The Kier molecular flexibility index (Phi) is 6.02. The number of carbonyl (C=O) groups is 1. The molecule has 1 fully saturated rings. The van der Waals surface area contributed by atoms with Crippen molar-refractivity contribution < 1.29 is 19.4 Å². The maximum Gasteiger partial charge on any atom is 0.260 e. The van der Waals surface area contributed by atoms with Crippen LogP contribution in [-0.4, -0.2) is 66.8 Å². The van der Waals surface area contributed by atoms with Gasteiger partial charge in [0, 0.05) is 39.2 Å². The third-order valence-electron chi connectivity index (χ3n) is 5.75. The topological polar surface area (TPSA) is 62.2 Å². The number of hydrogen-bond donors (Lipinski definition) is 1. The fourth-order valence-corrected chi connectivity index (χ4v) is 4.01. The molecule has 2 atom stereocenters. The lowest BCUT2D eigenvalue weighted by molar-refractivity contribution is -0.134. The van der Waals surface area contributed by atoms with Gasteiger partial charge < -0.3 is 19.5 Å². The lowest BCUT2D eigenvalue weighted by Crippen LogP contribution is -2.40. The van der Waals surface area contributed by atoms with Crippen molar-refractivity contribution in [1.29, 1.82) is 0 Å². The molecule has 6 nitrogen and oxygen atoms in total. The van der Waals surface area contributed by atoms with E-state index in [1.807, 2.05) is 55.6 Å². The van der Waals surface area contributed by atoms with Gasteiger partial charge in [-0.05, 0) is 23.6 Å². The number of fused-ring (bicyclic) bond motifs is 1. The maximum atomic E-state index is 12.9. The Morgan fingerprint density at radius 1 is 1.31 bits per heavy atom. The van der Waals surface area contributed by atoms with Crippen LogP contribution in [0.2, 0.25) is 0 Å². The Labute approximate surface area is 171 Å². The van der Waals surface area contributed by atoms with Crippen LogP contribution in [0, 0.1) is 0 Å². The van der Waals surface area contributed by atoms with Gasteiger partial charge in [0.1, 0.15) is 11.5 Å². The van der Waals surface area contributed by atoms with E-state index in [2.05, 4.69) is 4.90 Å². The Bertz CT molecular complexity index is 842. The molecule has 29 heavy (non-hydrogen) atoms. The van der Waals surface area contributed by atoms with Crippen molar-refractivity contribution in [2.24, 2.45) is 0 Å². The highest BCUT2D eigenvalue weighted by molar-refractivity contribution is 5.78. The summed E-state index contributed by atoms with van der Waals surface area (Å²) in [6, 6.07) is 15.7. The molecule has 2 aromatic rings. The van der Waals surface area contributed by atoms with Gasteiger partial charge in [0.2, 0.25) is 0 Å². The number of rotatable bonds is 7. The Balaban J connectivity index is 1.42. The first-order valence-corrected chi connectivity index (χ1v) is 10.2. The summed E-state index contributed by atoms with van der Waals surface area (Å²) in [6.45, 7) is 2.86. The quantitative estimate of drug-likeness (QED) is 0.778. The van der Waals surface area contributed by atoms with Gasteiger partial charge in [0.15, 0.2) is 6.61 Å². The lowest BCUT2D eigenvalue weighted by atomic mass is 10.0. The van der Waals surface area contributed by atoms with Crippen LogP contribution in [0.3, 0.4) is 0 Å². The van der Waals surface area contributed by atoms with Gasteiger partial charge in [-0.25, -0.2) is 0 Å². The number of aliphatic hydroxyl groups is 1. The van der Waals surface area contributed by atoms with Gasteiger partial charge >= 0.3 is 0 Å². The minimum atomic E-state index is -0.280. The number of carbonyl (C=O) groups excluding carboxylic acids is 1. The summed E-state index contributed by atoms with van der Waals surface area (Å²) in [5, 5.41) is 9.86. The predicted molar refractivity (Wildman–Crippen MR) is 110 cm³/mol. The van der Waals surface area contributed by atoms with E-state index in [9.17, 15) is 9.90 Å². The van der Waals surface area contributed by atoms with Gasteiger partial charge in [-0.3, -0.25) is 9.69 Å².